The highest BCUT2D eigenvalue weighted by atomic mass is 32.1. The number of carboxylic acid groups (broad SMARTS) is 1. The fraction of sp³-hybridized carbons (Fsp3) is 0.375. The van der Waals surface area contributed by atoms with Gasteiger partial charge in [0.1, 0.15) is 10.6 Å². The maximum atomic E-state index is 12.6. The Labute approximate surface area is 155 Å². The third-order valence-electron chi connectivity index (χ3n) is 4.38. The number of nitrogens with one attached hydrogen (secondary N) is 1. The van der Waals surface area contributed by atoms with Crippen LogP contribution in [0.1, 0.15) is 29.8 Å². The van der Waals surface area contributed by atoms with Crippen molar-refractivity contribution in [2.75, 3.05) is 5.32 Å². The molecule has 142 valence electrons. The molecule has 1 aliphatic rings. The minimum atomic E-state index is -2.85. The molecule has 0 saturated heterocycles. The van der Waals surface area contributed by atoms with E-state index in [2.05, 4.69) is 25.1 Å². The standard InChI is InChI=1S/C16H15F2N5O3S/c17-16(18)26-11-3-1-2-9(11)20-12-6-10(15(24)25)21-13(22-12)8-7-19-23-4-5-27-14(8)23/h4-7,9,11,16H,1-3H2,(H,24,25)(H,20,21,22)/t9-,11-/m0/s1. The zero-order valence-electron chi connectivity index (χ0n) is 13.9. The Hall–Kier alpha value is -2.66. The summed E-state index contributed by atoms with van der Waals surface area (Å²) < 4.78 is 31.5. The number of hydrogen-bond acceptors (Lipinski definition) is 7. The average molecular weight is 395 g/mol. The summed E-state index contributed by atoms with van der Waals surface area (Å²) in [6, 6.07) is 0.913. The molecule has 3 aromatic heterocycles. The van der Waals surface area contributed by atoms with E-state index in [4.69, 9.17) is 0 Å². The van der Waals surface area contributed by atoms with E-state index >= 15 is 0 Å². The van der Waals surface area contributed by atoms with Crippen molar-refractivity contribution >= 4 is 28.0 Å². The number of nitrogens with zero attached hydrogens (tertiary/aromatic N) is 4. The topological polar surface area (TPSA) is 102 Å². The van der Waals surface area contributed by atoms with Crippen LogP contribution in [0.25, 0.3) is 16.2 Å². The van der Waals surface area contributed by atoms with Crippen LogP contribution in [0.5, 0.6) is 0 Å². The van der Waals surface area contributed by atoms with Crippen LogP contribution in [0, 0.1) is 0 Å². The van der Waals surface area contributed by atoms with Gasteiger partial charge in [-0.3, -0.25) is 0 Å². The van der Waals surface area contributed by atoms with Crippen LogP contribution in [0.4, 0.5) is 14.6 Å². The van der Waals surface area contributed by atoms with Gasteiger partial charge in [0.15, 0.2) is 11.5 Å². The molecule has 11 heteroatoms. The van der Waals surface area contributed by atoms with E-state index in [1.807, 2.05) is 5.38 Å². The van der Waals surface area contributed by atoms with Gasteiger partial charge in [0.05, 0.1) is 23.9 Å². The van der Waals surface area contributed by atoms with Crippen molar-refractivity contribution in [3.05, 3.63) is 29.5 Å². The normalized spacial score (nSPS) is 19.8. The Bertz CT molecular complexity index is 976. The van der Waals surface area contributed by atoms with Crippen LogP contribution in [0.3, 0.4) is 0 Å². The van der Waals surface area contributed by atoms with Gasteiger partial charge in [0.25, 0.3) is 0 Å². The summed E-state index contributed by atoms with van der Waals surface area (Å²) in [6.07, 6.45) is 4.55. The number of hydrogen-bond donors (Lipinski definition) is 2. The van der Waals surface area contributed by atoms with Crippen molar-refractivity contribution < 1.29 is 23.4 Å². The van der Waals surface area contributed by atoms with Crippen molar-refractivity contribution in [1.82, 2.24) is 19.6 Å². The molecule has 8 nitrogen and oxygen atoms in total. The molecule has 2 atom stereocenters. The fourth-order valence-electron chi connectivity index (χ4n) is 3.21. The number of carboxylic acids is 1. The van der Waals surface area contributed by atoms with Gasteiger partial charge in [0, 0.05) is 17.6 Å². The number of halogens is 2. The van der Waals surface area contributed by atoms with Crippen LogP contribution in [0.2, 0.25) is 0 Å². The monoisotopic (exact) mass is 395 g/mol. The van der Waals surface area contributed by atoms with E-state index in [1.54, 1.807) is 16.9 Å². The first kappa shape index (κ1) is 17.7. The van der Waals surface area contributed by atoms with Crippen molar-refractivity contribution in [3.63, 3.8) is 0 Å². The van der Waals surface area contributed by atoms with E-state index in [0.717, 1.165) is 11.3 Å². The van der Waals surface area contributed by atoms with Gasteiger partial charge >= 0.3 is 12.6 Å². The molecule has 0 amide bonds. The number of thiazole rings is 1. The predicted molar refractivity (Wildman–Crippen MR) is 93.2 cm³/mol. The molecule has 1 fully saturated rings. The summed E-state index contributed by atoms with van der Waals surface area (Å²) in [5, 5.41) is 18.4. The fourth-order valence-corrected chi connectivity index (χ4v) is 4.00. The molecule has 3 aromatic rings. The van der Waals surface area contributed by atoms with Crippen LogP contribution in [0.15, 0.2) is 23.8 Å². The Balaban J connectivity index is 1.67. The average Bonchev–Trinajstić information content (AvgIpc) is 3.31. The van der Waals surface area contributed by atoms with Crippen LogP contribution >= 0.6 is 11.3 Å². The van der Waals surface area contributed by atoms with Gasteiger partial charge in [0.2, 0.25) is 0 Å². The lowest BCUT2D eigenvalue weighted by Gasteiger charge is -2.21. The zero-order valence-corrected chi connectivity index (χ0v) is 14.7. The van der Waals surface area contributed by atoms with Gasteiger partial charge in [-0.05, 0) is 19.3 Å². The third-order valence-corrected chi connectivity index (χ3v) is 5.27. The lowest BCUT2D eigenvalue weighted by Crippen LogP contribution is -2.32. The first-order valence-corrected chi connectivity index (χ1v) is 9.13. The predicted octanol–water partition coefficient (Wildman–Crippen LogP) is 3.12. The van der Waals surface area contributed by atoms with Crippen molar-refractivity contribution in [3.8, 4) is 11.4 Å². The highest BCUT2D eigenvalue weighted by molar-refractivity contribution is 7.16. The Morgan fingerprint density at radius 1 is 1.41 bits per heavy atom. The number of aromatic nitrogens is 4. The van der Waals surface area contributed by atoms with Gasteiger partial charge in [-0.2, -0.15) is 13.9 Å². The Morgan fingerprint density at radius 3 is 3.04 bits per heavy atom. The van der Waals surface area contributed by atoms with E-state index in [0.29, 0.717) is 18.4 Å². The van der Waals surface area contributed by atoms with Gasteiger partial charge in [-0.25, -0.2) is 19.3 Å². The molecule has 1 saturated carbocycles. The van der Waals surface area contributed by atoms with Crippen molar-refractivity contribution in [2.45, 2.75) is 38.0 Å². The summed E-state index contributed by atoms with van der Waals surface area (Å²) in [5.41, 5.74) is 0.408. The Kier molecular flexibility index (Phi) is 4.70. The summed E-state index contributed by atoms with van der Waals surface area (Å²) >= 11 is 1.42. The van der Waals surface area contributed by atoms with E-state index in [9.17, 15) is 18.7 Å². The highest BCUT2D eigenvalue weighted by Gasteiger charge is 2.31. The molecule has 0 aromatic carbocycles. The van der Waals surface area contributed by atoms with E-state index in [-0.39, 0.29) is 23.4 Å². The lowest BCUT2D eigenvalue weighted by atomic mass is 10.2. The number of anilines is 1. The number of ether oxygens (including phenoxy) is 1. The van der Waals surface area contributed by atoms with Crippen molar-refractivity contribution in [2.24, 2.45) is 0 Å². The molecule has 27 heavy (non-hydrogen) atoms. The number of rotatable bonds is 6. The van der Waals surface area contributed by atoms with Crippen LogP contribution < -0.4 is 5.32 Å². The maximum absolute atomic E-state index is 12.6. The minimum absolute atomic E-state index is 0.192. The molecule has 1 aliphatic carbocycles. The summed E-state index contributed by atoms with van der Waals surface area (Å²) in [4.78, 5) is 20.7. The molecule has 0 radical (unpaired) electrons. The quantitative estimate of drug-likeness (QED) is 0.661. The van der Waals surface area contributed by atoms with Crippen LogP contribution in [-0.4, -0.2) is 49.4 Å². The first-order chi connectivity index (χ1) is 13.0. The number of aromatic carboxylic acids is 1. The molecular weight excluding hydrogens is 380 g/mol. The smallest absolute Gasteiger partial charge is 0.354 e. The zero-order chi connectivity index (χ0) is 19.0. The second-order valence-corrected chi connectivity index (χ2v) is 6.99. The number of carbonyl (C=O) groups is 1. The Morgan fingerprint density at radius 2 is 2.26 bits per heavy atom. The highest BCUT2D eigenvalue weighted by Crippen LogP contribution is 2.29. The second-order valence-electron chi connectivity index (χ2n) is 6.10. The van der Waals surface area contributed by atoms with Gasteiger partial charge in [-0.15, -0.1) is 11.3 Å². The number of fused-ring (bicyclic) bond motifs is 1. The maximum Gasteiger partial charge on any atom is 0.354 e. The summed E-state index contributed by atoms with van der Waals surface area (Å²) in [5.74, 6) is -0.745. The second kappa shape index (κ2) is 7.16. The number of alkyl halides is 2. The minimum Gasteiger partial charge on any atom is -0.477 e. The third kappa shape index (κ3) is 3.60. The summed E-state index contributed by atoms with van der Waals surface area (Å²) in [7, 11) is 0. The van der Waals surface area contributed by atoms with Crippen LogP contribution in [-0.2, 0) is 4.74 Å². The SMILES string of the molecule is O=C(O)c1cc(N[C@H]2CCC[C@@H]2OC(F)F)nc(-c2cnn3ccsc23)n1. The molecule has 0 aliphatic heterocycles. The molecule has 3 heterocycles. The molecule has 2 N–H and O–H groups in total. The lowest BCUT2D eigenvalue weighted by molar-refractivity contribution is -0.162. The molecule has 0 spiro atoms. The van der Waals surface area contributed by atoms with E-state index < -0.39 is 18.7 Å². The molecule has 0 bridgehead atoms. The van der Waals surface area contributed by atoms with Crippen molar-refractivity contribution in [1.29, 1.82) is 0 Å². The summed E-state index contributed by atoms with van der Waals surface area (Å²) in [6.45, 7) is -2.85. The van der Waals surface area contributed by atoms with Gasteiger partial charge in [-0.1, -0.05) is 0 Å². The van der Waals surface area contributed by atoms with Gasteiger partial charge < -0.3 is 15.2 Å². The molecule has 4 rings (SSSR count). The van der Waals surface area contributed by atoms with E-state index in [1.165, 1.54) is 17.4 Å². The first-order valence-electron chi connectivity index (χ1n) is 8.25. The largest absolute Gasteiger partial charge is 0.477 e. The molecular formula is C16H15F2N5O3S. The molecule has 0 unspecified atom stereocenters.